The maximum Gasteiger partial charge on any atom is 0.223 e. The molecule has 22 heavy (non-hydrogen) atoms. The number of amides is 1. The molecule has 0 aromatic carbocycles. The fourth-order valence-corrected chi connectivity index (χ4v) is 3.69. The highest BCUT2D eigenvalue weighted by atomic mass is 16.1. The monoisotopic (exact) mass is 301 g/mol. The van der Waals surface area contributed by atoms with Crippen LogP contribution in [0.15, 0.2) is 18.3 Å². The lowest BCUT2D eigenvalue weighted by Gasteiger charge is -2.35. The molecule has 0 atom stereocenters. The summed E-state index contributed by atoms with van der Waals surface area (Å²) >= 11 is 0. The van der Waals surface area contributed by atoms with Gasteiger partial charge in [-0.1, -0.05) is 19.3 Å². The summed E-state index contributed by atoms with van der Waals surface area (Å²) in [5.74, 6) is 0.576. The highest BCUT2D eigenvalue weighted by molar-refractivity contribution is 5.79. The van der Waals surface area contributed by atoms with Gasteiger partial charge in [-0.2, -0.15) is 0 Å². The molecule has 2 fully saturated rings. The Bertz CT molecular complexity index is 503. The fourth-order valence-electron chi connectivity index (χ4n) is 3.69. The molecule has 0 bridgehead atoms. The van der Waals surface area contributed by atoms with Gasteiger partial charge in [0.15, 0.2) is 0 Å². The van der Waals surface area contributed by atoms with Gasteiger partial charge in [-0.05, 0) is 44.7 Å². The zero-order valence-electron chi connectivity index (χ0n) is 13.6. The second-order valence-electron chi connectivity index (χ2n) is 6.76. The molecule has 1 aromatic rings. The predicted octanol–water partition coefficient (Wildman–Crippen LogP) is 3.06. The van der Waals surface area contributed by atoms with Crippen molar-refractivity contribution in [2.45, 2.75) is 57.9 Å². The molecule has 1 aliphatic carbocycles. The number of nitrogens with zero attached hydrogens (tertiary/aromatic N) is 2. The average Bonchev–Trinajstić information content (AvgIpc) is 2.56. The molecule has 1 aliphatic heterocycles. The molecule has 120 valence electrons. The van der Waals surface area contributed by atoms with Crippen LogP contribution in [0.3, 0.4) is 0 Å². The summed E-state index contributed by atoms with van der Waals surface area (Å²) in [4.78, 5) is 19.0. The quantitative estimate of drug-likeness (QED) is 0.933. The van der Waals surface area contributed by atoms with Gasteiger partial charge < -0.3 is 10.2 Å². The largest absolute Gasteiger partial charge is 0.371 e. The van der Waals surface area contributed by atoms with Gasteiger partial charge >= 0.3 is 0 Å². The minimum Gasteiger partial charge on any atom is -0.371 e. The fraction of sp³-hybridized carbons (Fsp3) is 0.667. The van der Waals surface area contributed by atoms with Crippen molar-refractivity contribution in [3.05, 3.63) is 24.0 Å². The number of pyridine rings is 1. The lowest BCUT2D eigenvalue weighted by Crippen LogP contribution is -2.46. The number of aromatic nitrogens is 1. The Labute approximate surface area is 133 Å². The second-order valence-corrected chi connectivity index (χ2v) is 6.76. The highest BCUT2D eigenvalue weighted by Gasteiger charge is 2.25. The van der Waals surface area contributed by atoms with Gasteiger partial charge in [0.1, 0.15) is 0 Å². The molecule has 3 rings (SSSR count). The number of hydrogen-bond acceptors (Lipinski definition) is 3. The molecule has 1 N–H and O–H groups in total. The van der Waals surface area contributed by atoms with E-state index in [9.17, 15) is 4.79 Å². The third-order valence-electron chi connectivity index (χ3n) is 5.06. The van der Waals surface area contributed by atoms with Gasteiger partial charge in [-0.25, -0.2) is 0 Å². The van der Waals surface area contributed by atoms with E-state index in [0.29, 0.717) is 11.9 Å². The zero-order valence-corrected chi connectivity index (χ0v) is 13.6. The van der Waals surface area contributed by atoms with Crippen molar-refractivity contribution >= 4 is 11.6 Å². The van der Waals surface area contributed by atoms with Crippen molar-refractivity contribution in [2.75, 3.05) is 18.0 Å². The normalized spacial score (nSPS) is 20.9. The van der Waals surface area contributed by atoms with E-state index < -0.39 is 0 Å². The lowest BCUT2D eigenvalue weighted by atomic mass is 9.88. The van der Waals surface area contributed by atoms with Gasteiger partial charge in [0.25, 0.3) is 0 Å². The Morgan fingerprint density at radius 3 is 2.59 bits per heavy atom. The molecule has 0 unspecified atom stereocenters. The number of anilines is 1. The summed E-state index contributed by atoms with van der Waals surface area (Å²) in [6, 6.07) is 4.57. The number of nitrogens with one attached hydrogen (secondary N) is 1. The van der Waals surface area contributed by atoms with Crippen molar-refractivity contribution in [1.29, 1.82) is 0 Å². The van der Waals surface area contributed by atoms with E-state index in [0.717, 1.165) is 44.5 Å². The Hall–Kier alpha value is -1.58. The molecule has 4 heteroatoms. The summed E-state index contributed by atoms with van der Waals surface area (Å²) in [6.07, 6.45) is 9.87. The van der Waals surface area contributed by atoms with E-state index in [-0.39, 0.29) is 5.92 Å². The van der Waals surface area contributed by atoms with Crippen LogP contribution < -0.4 is 10.2 Å². The Morgan fingerprint density at radius 1 is 1.18 bits per heavy atom. The minimum atomic E-state index is 0.273. The minimum absolute atomic E-state index is 0.273. The smallest absolute Gasteiger partial charge is 0.223 e. The standard InChI is InChI=1S/C18H27N3O/c1-14-13-17(7-10-19-14)21-11-8-16(9-12-21)20-18(22)15-5-3-2-4-6-15/h7,10,13,15-16H,2-6,8-9,11-12H2,1H3,(H,20,22). The summed E-state index contributed by atoms with van der Waals surface area (Å²) in [7, 11) is 0. The van der Waals surface area contributed by atoms with Crippen LogP contribution in [-0.4, -0.2) is 30.0 Å². The summed E-state index contributed by atoms with van der Waals surface area (Å²) in [6.45, 7) is 4.05. The Morgan fingerprint density at radius 2 is 1.91 bits per heavy atom. The molecule has 4 nitrogen and oxygen atoms in total. The third-order valence-corrected chi connectivity index (χ3v) is 5.06. The number of aryl methyl sites for hydroxylation is 1. The number of piperidine rings is 1. The van der Waals surface area contributed by atoms with Gasteiger partial charge in [0.05, 0.1) is 0 Å². The first kappa shape index (κ1) is 15.3. The maximum absolute atomic E-state index is 12.3. The first-order valence-electron chi connectivity index (χ1n) is 8.70. The summed E-state index contributed by atoms with van der Waals surface area (Å²) in [5, 5.41) is 3.29. The number of rotatable bonds is 3. The molecule has 1 saturated heterocycles. The molecular weight excluding hydrogens is 274 g/mol. The number of hydrogen-bond donors (Lipinski definition) is 1. The molecule has 2 aliphatic rings. The maximum atomic E-state index is 12.3. The van der Waals surface area contributed by atoms with Gasteiger partial charge in [-0.3, -0.25) is 9.78 Å². The molecular formula is C18H27N3O. The Kier molecular flexibility index (Phi) is 4.96. The van der Waals surface area contributed by atoms with Crippen LogP contribution in [0, 0.1) is 12.8 Å². The third kappa shape index (κ3) is 3.79. The summed E-state index contributed by atoms with van der Waals surface area (Å²) < 4.78 is 0. The van der Waals surface area contributed by atoms with Crippen molar-refractivity contribution in [1.82, 2.24) is 10.3 Å². The van der Waals surface area contributed by atoms with Gasteiger partial charge in [-0.15, -0.1) is 0 Å². The Balaban J connectivity index is 1.48. The van der Waals surface area contributed by atoms with E-state index in [1.807, 2.05) is 13.1 Å². The molecule has 1 amide bonds. The van der Waals surface area contributed by atoms with E-state index in [1.54, 1.807) is 0 Å². The van der Waals surface area contributed by atoms with E-state index >= 15 is 0 Å². The van der Waals surface area contributed by atoms with Gasteiger partial charge in [0, 0.05) is 42.6 Å². The van der Waals surface area contributed by atoms with Crippen LogP contribution in [0.1, 0.15) is 50.6 Å². The topological polar surface area (TPSA) is 45.2 Å². The second kappa shape index (κ2) is 7.12. The van der Waals surface area contributed by atoms with Crippen molar-refractivity contribution in [3.8, 4) is 0 Å². The highest BCUT2D eigenvalue weighted by Crippen LogP contribution is 2.25. The van der Waals surface area contributed by atoms with Crippen LogP contribution in [0.5, 0.6) is 0 Å². The average molecular weight is 301 g/mol. The molecule has 0 radical (unpaired) electrons. The first-order chi connectivity index (χ1) is 10.7. The number of carbonyl (C=O) groups excluding carboxylic acids is 1. The van der Waals surface area contributed by atoms with Crippen LogP contribution in [-0.2, 0) is 4.79 Å². The van der Waals surface area contributed by atoms with Crippen molar-refractivity contribution in [2.24, 2.45) is 5.92 Å². The van der Waals surface area contributed by atoms with Crippen molar-refractivity contribution in [3.63, 3.8) is 0 Å². The zero-order chi connectivity index (χ0) is 15.4. The summed E-state index contributed by atoms with van der Waals surface area (Å²) in [5.41, 5.74) is 2.31. The molecule has 0 spiro atoms. The van der Waals surface area contributed by atoms with Crippen LogP contribution in [0.25, 0.3) is 0 Å². The van der Waals surface area contributed by atoms with E-state index in [4.69, 9.17) is 0 Å². The lowest BCUT2D eigenvalue weighted by molar-refractivity contribution is -0.126. The number of carbonyl (C=O) groups is 1. The van der Waals surface area contributed by atoms with Crippen LogP contribution >= 0.6 is 0 Å². The predicted molar refractivity (Wildman–Crippen MR) is 88.9 cm³/mol. The molecule has 1 saturated carbocycles. The molecule has 1 aromatic heterocycles. The van der Waals surface area contributed by atoms with Crippen LogP contribution in [0.2, 0.25) is 0 Å². The first-order valence-corrected chi connectivity index (χ1v) is 8.70. The van der Waals surface area contributed by atoms with Crippen LogP contribution in [0.4, 0.5) is 5.69 Å². The SMILES string of the molecule is Cc1cc(N2CCC(NC(=O)C3CCCCC3)CC2)ccn1. The van der Waals surface area contributed by atoms with E-state index in [1.165, 1.54) is 24.9 Å². The van der Waals surface area contributed by atoms with Crippen molar-refractivity contribution < 1.29 is 4.79 Å². The molecule has 2 heterocycles. The van der Waals surface area contributed by atoms with E-state index in [2.05, 4.69) is 27.3 Å². The van der Waals surface area contributed by atoms with Gasteiger partial charge in [0.2, 0.25) is 5.91 Å².